The molecule has 6 nitrogen and oxygen atoms in total. The fraction of sp³-hybridized carbons (Fsp3) is 0.789. The van der Waals surface area contributed by atoms with E-state index in [9.17, 15) is 9.90 Å². The third kappa shape index (κ3) is 4.61. The third-order valence-electron chi connectivity index (χ3n) is 5.69. The highest BCUT2D eigenvalue weighted by Gasteiger charge is 2.35. The Morgan fingerprint density at radius 2 is 2.12 bits per heavy atom. The van der Waals surface area contributed by atoms with Crippen LogP contribution in [0.15, 0.2) is 12.4 Å². The number of amides is 1. The fourth-order valence-corrected chi connectivity index (χ4v) is 4.22. The van der Waals surface area contributed by atoms with E-state index < -0.39 is 5.60 Å². The molecule has 1 aliphatic heterocycles. The smallest absolute Gasteiger partial charge is 0.223 e. The summed E-state index contributed by atoms with van der Waals surface area (Å²) >= 11 is 0. The van der Waals surface area contributed by atoms with Gasteiger partial charge in [-0.25, -0.2) is 4.98 Å². The van der Waals surface area contributed by atoms with Gasteiger partial charge < -0.3 is 19.7 Å². The van der Waals surface area contributed by atoms with Crippen LogP contribution in [0.2, 0.25) is 0 Å². The second kappa shape index (κ2) is 8.32. The van der Waals surface area contributed by atoms with Crippen LogP contribution in [0.1, 0.15) is 70.2 Å². The molecular weight excluding hydrogens is 318 g/mol. The lowest BCUT2D eigenvalue weighted by molar-refractivity contribution is -0.129. The van der Waals surface area contributed by atoms with Crippen molar-refractivity contribution in [2.45, 2.75) is 76.5 Å². The molecule has 2 aliphatic rings. The molecule has 6 heteroatoms. The molecule has 2 N–H and O–H groups in total. The van der Waals surface area contributed by atoms with Crippen molar-refractivity contribution in [1.29, 1.82) is 0 Å². The van der Waals surface area contributed by atoms with Crippen LogP contribution in [-0.2, 0) is 16.1 Å². The first-order valence-corrected chi connectivity index (χ1v) is 9.72. The van der Waals surface area contributed by atoms with Crippen LogP contribution in [0.5, 0.6) is 0 Å². The lowest BCUT2D eigenvalue weighted by Crippen LogP contribution is -2.42. The topological polar surface area (TPSA) is 76.4 Å². The van der Waals surface area contributed by atoms with Gasteiger partial charge in [0.05, 0.1) is 18.1 Å². The molecule has 1 saturated carbocycles. The van der Waals surface area contributed by atoms with Gasteiger partial charge in [-0.3, -0.25) is 4.79 Å². The molecule has 2 fully saturated rings. The summed E-state index contributed by atoms with van der Waals surface area (Å²) in [6.07, 6.45) is 10.4. The molecular formula is C19H31N3O3. The Hall–Kier alpha value is -1.40. The van der Waals surface area contributed by atoms with Crippen molar-refractivity contribution in [2.75, 3.05) is 13.2 Å². The highest BCUT2D eigenvalue weighted by atomic mass is 16.5. The maximum Gasteiger partial charge on any atom is 0.223 e. The largest absolute Gasteiger partial charge is 0.389 e. The Morgan fingerprint density at radius 3 is 2.80 bits per heavy atom. The molecule has 0 bridgehead atoms. The number of aryl methyl sites for hydroxylation is 1. The van der Waals surface area contributed by atoms with E-state index in [-0.39, 0.29) is 18.4 Å². The van der Waals surface area contributed by atoms with Crippen LogP contribution in [0.3, 0.4) is 0 Å². The Kier molecular flexibility index (Phi) is 6.12. The zero-order chi connectivity index (χ0) is 17.7. The summed E-state index contributed by atoms with van der Waals surface area (Å²) in [6, 6.07) is -0.112. The fourth-order valence-electron chi connectivity index (χ4n) is 4.22. The predicted molar refractivity (Wildman–Crippen MR) is 95.0 cm³/mol. The van der Waals surface area contributed by atoms with Crippen LogP contribution < -0.4 is 5.32 Å². The molecule has 1 aromatic rings. The molecule has 0 spiro atoms. The van der Waals surface area contributed by atoms with Gasteiger partial charge in [-0.2, -0.15) is 0 Å². The summed E-state index contributed by atoms with van der Waals surface area (Å²) in [5.74, 6) is 1.18. The molecule has 140 valence electrons. The van der Waals surface area contributed by atoms with Crippen LogP contribution in [-0.4, -0.2) is 39.4 Å². The molecule has 0 aromatic carbocycles. The first-order chi connectivity index (χ1) is 12.1. The average Bonchev–Trinajstić information content (AvgIpc) is 3.09. The normalized spacial score (nSPS) is 22.5. The lowest BCUT2D eigenvalue weighted by atomic mass is 9.82. The Labute approximate surface area is 150 Å². The van der Waals surface area contributed by atoms with Gasteiger partial charge in [-0.1, -0.05) is 19.3 Å². The standard InChI is InChI=1S/C19H31N3O3/c1-2-22-11-10-20-18(22)17(15-6-12-25-13-7-15)21-16(23)14-19(24)8-4-3-5-9-19/h10-11,15,17,24H,2-9,12-14H2,1H3,(H,21,23)/t17-/m1/s1. The van der Waals surface area contributed by atoms with Crippen LogP contribution in [0, 0.1) is 5.92 Å². The van der Waals surface area contributed by atoms with Crippen molar-refractivity contribution in [3.8, 4) is 0 Å². The highest BCUT2D eigenvalue weighted by Crippen LogP contribution is 2.33. The SMILES string of the molecule is CCn1ccnc1[C@H](NC(=O)CC1(O)CCCCC1)C1CCOCC1. The van der Waals surface area contributed by atoms with E-state index >= 15 is 0 Å². The first kappa shape index (κ1) is 18.4. The number of nitrogens with zero attached hydrogens (tertiary/aromatic N) is 2. The first-order valence-electron chi connectivity index (χ1n) is 9.72. The monoisotopic (exact) mass is 349 g/mol. The van der Waals surface area contributed by atoms with Gasteiger partial charge in [0.2, 0.25) is 5.91 Å². The molecule has 0 unspecified atom stereocenters. The minimum atomic E-state index is -0.831. The van der Waals surface area contributed by atoms with Crippen LogP contribution >= 0.6 is 0 Å². The van der Waals surface area contributed by atoms with E-state index in [0.717, 1.165) is 70.5 Å². The minimum Gasteiger partial charge on any atom is -0.389 e. The Bertz CT molecular complexity index is 560. The number of imidazole rings is 1. The van der Waals surface area contributed by atoms with E-state index in [1.807, 2.05) is 6.20 Å². The number of hydrogen-bond donors (Lipinski definition) is 2. The van der Waals surface area contributed by atoms with Crippen molar-refractivity contribution in [2.24, 2.45) is 5.92 Å². The molecule has 25 heavy (non-hydrogen) atoms. The van der Waals surface area contributed by atoms with Gasteiger partial charge >= 0.3 is 0 Å². The molecule has 1 aromatic heterocycles. The number of rotatable bonds is 6. The van der Waals surface area contributed by atoms with Gasteiger partial charge in [-0.05, 0) is 38.5 Å². The van der Waals surface area contributed by atoms with Crippen molar-refractivity contribution in [3.63, 3.8) is 0 Å². The Morgan fingerprint density at radius 1 is 1.40 bits per heavy atom. The van der Waals surface area contributed by atoms with Crippen LogP contribution in [0.25, 0.3) is 0 Å². The van der Waals surface area contributed by atoms with Gasteiger partial charge in [-0.15, -0.1) is 0 Å². The second-order valence-corrected chi connectivity index (χ2v) is 7.53. The van der Waals surface area contributed by atoms with E-state index in [1.54, 1.807) is 6.20 Å². The summed E-state index contributed by atoms with van der Waals surface area (Å²) in [6.45, 7) is 4.37. The number of aliphatic hydroxyl groups is 1. The van der Waals surface area contributed by atoms with E-state index in [4.69, 9.17) is 4.74 Å². The van der Waals surface area contributed by atoms with Crippen molar-refractivity contribution in [1.82, 2.24) is 14.9 Å². The zero-order valence-electron chi connectivity index (χ0n) is 15.2. The molecule has 2 heterocycles. The molecule has 3 rings (SSSR count). The number of carbonyl (C=O) groups is 1. The van der Waals surface area contributed by atoms with E-state index in [0.29, 0.717) is 5.92 Å². The van der Waals surface area contributed by atoms with E-state index in [2.05, 4.69) is 21.8 Å². The van der Waals surface area contributed by atoms with Gasteiger partial charge in [0.15, 0.2) is 0 Å². The highest BCUT2D eigenvalue weighted by molar-refractivity contribution is 5.77. The molecule has 1 saturated heterocycles. The molecule has 1 aliphatic carbocycles. The van der Waals surface area contributed by atoms with E-state index in [1.165, 1.54) is 0 Å². The van der Waals surface area contributed by atoms with Gasteiger partial charge in [0.25, 0.3) is 0 Å². The number of aromatic nitrogens is 2. The summed E-state index contributed by atoms with van der Waals surface area (Å²) in [5, 5.41) is 13.9. The molecule has 1 amide bonds. The number of nitrogens with one attached hydrogen (secondary N) is 1. The van der Waals surface area contributed by atoms with Gasteiger partial charge in [0.1, 0.15) is 5.82 Å². The van der Waals surface area contributed by atoms with Crippen molar-refractivity contribution < 1.29 is 14.6 Å². The lowest BCUT2D eigenvalue weighted by Gasteiger charge is -2.34. The Balaban J connectivity index is 1.71. The summed E-state index contributed by atoms with van der Waals surface area (Å²) in [7, 11) is 0. The average molecular weight is 349 g/mol. The van der Waals surface area contributed by atoms with Crippen molar-refractivity contribution >= 4 is 5.91 Å². The van der Waals surface area contributed by atoms with Gasteiger partial charge in [0, 0.05) is 32.2 Å². The maximum atomic E-state index is 12.7. The summed E-state index contributed by atoms with van der Waals surface area (Å²) < 4.78 is 7.58. The minimum absolute atomic E-state index is 0.0634. The quantitative estimate of drug-likeness (QED) is 0.827. The third-order valence-corrected chi connectivity index (χ3v) is 5.69. The zero-order valence-corrected chi connectivity index (χ0v) is 15.2. The van der Waals surface area contributed by atoms with Crippen molar-refractivity contribution in [3.05, 3.63) is 18.2 Å². The number of carbonyl (C=O) groups excluding carboxylic acids is 1. The van der Waals surface area contributed by atoms with Crippen LogP contribution in [0.4, 0.5) is 0 Å². The molecule has 1 atom stereocenters. The summed E-state index contributed by atoms with van der Waals surface area (Å²) in [5.41, 5.74) is -0.831. The second-order valence-electron chi connectivity index (χ2n) is 7.53. The number of ether oxygens (including phenoxy) is 1. The number of hydrogen-bond acceptors (Lipinski definition) is 4. The molecule has 0 radical (unpaired) electrons. The predicted octanol–water partition coefficient (Wildman–Crippen LogP) is 2.57. The summed E-state index contributed by atoms with van der Waals surface area (Å²) in [4.78, 5) is 17.2. The maximum absolute atomic E-state index is 12.7.